The molecule has 2 aromatic carbocycles. The lowest BCUT2D eigenvalue weighted by Crippen LogP contribution is -2.21. The second-order valence-electron chi connectivity index (χ2n) is 5.15. The molecule has 0 spiro atoms. The molecule has 0 saturated carbocycles. The molecular formula is C18H16N2O3S. The van der Waals surface area contributed by atoms with Crippen LogP contribution in [0.5, 0.6) is 11.5 Å². The number of thiocarbonyl (C=S) groups is 1. The molecule has 0 atom stereocenters. The Bertz CT molecular complexity index is 803. The summed E-state index contributed by atoms with van der Waals surface area (Å²) < 4.78 is 11.2. The topological polar surface area (TPSA) is 59.6 Å². The van der Waals surface area contributed by atoms with E-state index in [1.807, 2.05) is 42.5 Å². The van der Waals surface area contributed by atoms with Crippen LogP contribution >= 0.6 is 12.2 Å². The molecule has 24 heavy (non-hydrogen) atoms. The van der Waals surface area contributed by atoms with E-state index in [-0.39, 0.29) is 5.91 Å². The van der Waals surface area contributed by atoms with Gasteiger partial charge in [0.05, 0.1) is 7.11 Å². The van der Waals surface area contributed by atoms with Crippen LogP contribution in [-0.2, 0) is 11.4 Å². The van der Waals surface area contributed by atoms with Gasteiger partial charge in [0.2, 0.25) is 0 Å². The summed E-state index contributed by atoms with van der Waals surface area (Å²) in [6.45, 7) is 0.431. The molecule has 1 heterocycles. The van der Waals surface area contributed by atoms with Gasteiger partial charge in [0, 0.05) is 0 Å². The van der Waals surface area contributed by atoms with Gasteiger partial charge in [0.15, 0.2) is 16.6 Å². The van der Waals surface area contributed by atoms with Gasteiger partial charge >= 0.3 is 0 Å². The molecule has 5 nitrogen and oxygen atoms in total. The molecule has 0 unspecified atom stereocenters. The maximum atomic E-state index is 11.7. The molecule has 0 aliphatic carbocycles. The average molecular weight is 340 g/mol. The Balaban J connectivity index is 1.81. The van der Waals surface area contributed by atoms with E-state index in [4.69, 9.17) is 21.7 Å². The van der Waals surface area contributed by atoms with Gasteiger partial charge in [-0.25, -0.2) is 0 Å². The van der Waals surface area contributed by atoms with Crippen LogP contribution < -0.4 is 20.1 Å². The van der Waals surface area contributed by atoms with Gasteiger partial charge in [0.1, 0.15) is 12.3 Å². The van der Waals surface area contributed by atoms with Crippen molar-refractivity contribution in [2.24, 2.45) is 0 Å². The molecule has 2 N–H and O–H groups in total. The zero-order valence-electron chi connectivity index (χ0n) is 13.0. The normalized spacial score (nSPS) is 15.1. The molecule has 1 amide bonds. The van der Waals surface area contributed by atoms with Crippen LogP contribution in [-0.4, -0.2) is 18.1 Å². The third-order valence-electron chi connectivity index (χ3n) is 3.46. The van der Waals surface area contributed by atoms with Crippen LogP contribution in [0.2, 0.25) is 0 Å². The summed E-state index contributed by atoms with van der Waals surface area (Å²) in [4.78, 5) is 11.7. The fourth-order valence-electron chi connectivity index (χ4n) is 2.28. The van der Waals surface area contributed by atoms with Crippen molar-refractivity contribution in [1.82, 2.24) is 10.6 Å². The summed E-state index contributed by atoms with van der Waals surface area (Å²) >= 11 is 4.92. The number of carbonyl (C=O) groups excluding carboxylic acids is 1. The first-order valence-electron chi connectivity index (χ1n) is 7.34. The van der Waals surface area contributed by atoms with Crippen LogP contribution in [0.1, 0.15) is 11.1 Å². The molecule has 0 radical (unpaired) electrons. The fraction of sp³-hybridized carbons (Fsp3) is 0.111. The molecule has 6 heteroatoms. The van der Waals surface area contributed by atoms with E-state index in [0.29, 0.717) is 28.9 Å². The van der Waals surface area contributed by atoms with Crippen molar-refractivity contribution in [2.45, 2.75) is 6.61 Å². The van der Waals surface area contributed by atoms with E-state index in [0.717, 1.165) is 11.1 Å². The van der Waals surface area contributed by atoms with Crippen LogP contribution in [0.15, 0.2) is 54.2 Å². The van der Waals surface area contributed by atoms with E-state index in [1.165, 1.54) is 0 Å². The van der Waals surface area contributed by atoms with Crippen molar-refractivity contribution in [2.75, 3.05) is 7.11 Å². The van der Waals surface area contributed by atoms with Gasteiger partial charge in [-0.2, -0.15) is 0 Å². The predicted octanol–water partition coefficient (Wildman–Crippen LogP) is 2.62. The highest BCUT2D eigenvalue weighted by Gasteiger charge is 2.20. The molecule has 3 rings (SSSR count). The molecule has 122 valence electrons. The molecule has 1 aliphatic rings. The van der Waals surface area contributed by atoms with Crippen molar-refractivity contribution >= 4 is 29.3 Å². The van der Waals surface area contributed by atoms with Gasteiger partial charge in [-0.15, -0.1) is 0 Å². The van der Waals surface area contributed by atoms with Gasteiger partial charge in [0.25, 0.3) is 5.91 Å². The first kappa shape index (κ1) is 16.0. The Kier molecular flexibility index (Phi) is 4.77. The number of nitrogens with one attached hydrogen (secondary N) is 2. The Morgan fingerprint density at radius 3 is 2.54 bits per heavy atom. The number of hydrogen-bond donors (Lipinski definition) is 2. The van der Waals surface area contributed by atoms with Crippen molar-refractivity contribution in [3.63, 3.8) is 0 Å². The highest BCUT2D eigenvalue weighted by atomic mass is 32.1. The third kappa shape index (κ3) is 3.72. The lowest BCUT2D eigenvalue weighted by atomic mass is 10.1. The quantitative estimate of drug-likeness (QED) is 0.647. The zero-order chi connectivity index (χ0) is 16.9. The lowest BCUT2D eigenvalue weighted by Gasteiger charge is -2.11. The number of hydrogen-bond acceptors (Lipinski definition) is 4. The van der Waals surface area contributed by atoms with Crippen LogP contribution in [0, 0.1) is 0 Å². The van der Waals surface area contributed by atoms with Gasteiger partial charge < -0.3 is 14.8 Å². The minimum absolute atomic E-state index is 0.248. The number of rotatable bonds is 5. The van der Waals surface area contributed by atoms with Crippen molar-refractivity contribution in [3.8, 4) is 11.5 Å². The standard InChI is InChI=1S/C18H16N2O3S/c1-22-15-8-7-13(9-14-17(21)20-18(24)19-14)10-16(15)23-11-12-5-3-2-4-6-12/h2-10H,11H2,1H3,(H2,19,20,21,24)/b14-9+. The van der Waals surface area contributed by atoms with E-state index in [2.05, 4.69) is 10.6 Å². The van der Waals surface area contributed by atoms with E-state index in [9.17, 15) is 4.79 Å². The first-order valence-corrected chi connectivity index (χ1v) is 7.75. The second-order valence-corrected chi connectivity index (χ2v) is 5.56. The smallest absolute Gasteiger partial charge is 0.273 e. The predicted molar refractivity (Wildman–Crippen MR) is 95.6 cm³/mol. The van der Waals surface area contributed by atoms with Crippen molar-refractivity contribution < 1.29 is 14.3 Å². The first-order chi connectivity index (χ1) is 11.7. The minimum atomic E-state index is -0.248. The number of methoxy groups -OCH3 is 1. The Hall–Kier alpha value is -2.86. The molecular weight excluding hydrogens is 324 g/mol. The van der Waals surface area contributed by atoms with E-state index >= 15 is 0 Å². The van der Waals surface area contributed by atoms with E-state index < -0.39 is 0 Å². The van der Waals surface area contributed by atoms with Gasteiger partial charge in [-0.05, 0) is 41.6 Å². The third-order valence-corrected chi connectivity index (χ3v) is 3.66. The fourth-order valence-corrected chi connectivity index (χ4v) is 2.48. The summed E-state index contributed by atoms with van der Waals surface area (Å²) in [5.41, 5.74) is 2.27. The molecule has 1 fully saturated rings. The summed E-state index contributed by atoms with van der Waals surface area (Å²) in [5.74, 6) is 0.992. The maximum Gasteiger partial charge on any atom is 0.273 e. The number of ether oxygens (including phenoxy) is 2. The highest BCUT2D eigenvalue weighted by molar-refractivity contribution is 7.80. The largest absolute Gasteiger partial charge is 0.493 e. The number of carbonyl (C=O) groups is 1. The molecule has 0 aromatic heterocycles. The average Bonchev–Trinajstić information content (AvgIpc) is 2.91. The van der Waals surface area contributed by atoms with Crippen LogP contribution in [0.25, 0.3) is 6.08 Å². The number of benzene rings is 2. The van der Waals surface area contributed by atoms with Gasteiger partial charge in [-0.3, -0.25) is 10.1 Å². The van der Waals surface area contributed by atoms with Gasteiger partial charge in [-0.1, -0.05) is 36.4 Å². The molecule has 1 aliphatic heterocycles. The molecule has 0 bridgehead atoms. The summed E-state index contributed by atoms with van der Waals surface area (Å²) in [6.07, 6.45) is 1.71. The monoisotopic (exact) mass is 340 g/mol. The number of amides is 1. The van der Waals surface area contributed by atoms with Crippen LogP contribution in [0.4, 0.5) is 0 Å². The molecule has 1 saturated heterocycles. The maximum absolute atomic E-state index is 11.7. The summed E-state index contributed by atoms with van der Waals surface area (Å²) in [7, 11) is 1.59. The van der Waals surface area contributed by atoms with E-state index in [1.54, 1.807) is 19.3 Å². The lowest BCUT2D eigenvalue weighted by molar-refractivity contribution is -0.115. The minimum Gasteiger partial charge on any atom is -0.493 e. The summed E-state index contributed by atoms with van der Waals surface area (Å²) in [6, 6.07) is 15.3. The second kappa shape index (κ2) is 7.14. The summed E-state index contributed by atoms with van der Waals surface area (Å²) in [5, 5.41) is 5.65. The van der Waals surface area contributed by atoms with Crippen LogP contribution in [0.3, 0.4) is 0 Å². The Morgan fingerprint density at radius 2 is 1.88 bits per heavy atom. The SMILES string of the molecule is COc1ccc(/C=C2/NC(=S)NC2=O)cc1OCc1ccccc1. The zero-order valence-corrected chi connectivity index (χ0v) is 13.9. The van der Waals surface area contributed by atoms with Crippen molar-refractivity contribution in [1.29, 1.82) is 0 Å². The molecule has 2 aromatic rings. The Labute approximate surface area is 145 Å². The highest BCUT2D eigenvalue weighted by Crippen LogP contribution is 2.29. The Morgan fingerprint density at radius 1 is 1.08 bits per heavy atom. The van der Waals surface area contributed by atoms with Crippen molar-refractivity contribution in [3.05, 3.63) is 65.4 Å².